The van der Waals surface area contributed by atoms with Crippen LogP contribution in [-0.2, 0) is 0 Å². The minimum Gasteiger partial charge on any atom is -0.489 e. The number of nitriles is 1. The fraction of sp³-hybridized carbons (Fsp3) is 0.417. The van der Waals surface area contributed by atoms with Crippen molar-refractivity contribution in [2.24, 2.45) is 5.73 Å². The molecule has 0 unspecified atom stereocenters. The van der Waals surface area contributed by atoms with E-state index in [2.05, 4.69) is 5.32 Å². The zero-order valence-electron chi connectivity index (χ0n) is 10.3. The van der Waals surface area contributed by atoms with E-state index in [1.807, 2.05) is 6.07 Å². The summed E-state index contributed by atoms with van der Waals surface area (Å²) >= 11 is 0. The third kappa shape index (κ3) is 2.74. The van der Waals surface area contributed by atoms with Crippen molar-refractivity contribution in [1.29, 1.82) is 5.26 Å². The predicted molar refractivity (Wildman–Crippen MR) is 69.0 cm³/mol. The van der Waals surface area contributed by atoms with Gasteiger partial charge in [-0.05, 0) is 19.4 Å². The van der Waals surface area contributed by atoms with Gasteiger partial charge in [0.2, 0.25) is 0 Å². The monoisotopic (exact) mass is 262 g/mol. The molecule has 0 aliphatic carbocycles. The highest BCUT2D eigenvalue weighted by molar-refractivity contribution is 5.73. The van der Waals surface area contributed by atoms with Crippen LogP contribution < -0.4 is 15.8 Å². The Hall–Kier alpha value is -2.33. The molecule has 3 N–H and O–H groups in total. The van der Waals surface area contributed by atoms with Crippen molar-refractivity contribution < 1.29 is 9.66 Å². The number of hydrogen-bond acceptors (Lipinski definition) is 6. The van der Waals surface area contributed by atoms with Crippen molar-refractivity contribution in [3.05, 3.63) is 27.8 Å². The first-order chi connectivity index (χ1) is 9.15. The Kier molecular flexibility index (Phi) is 3.82. The van der Waals surface area contributed by atoms with Crippen LogP contribution in [0.25, 0.3) is 0 Å². The number of anilines is 1. The molecule has 1 aromatic rings. The van der Waals surface area contributed by atoms with E-state index in [1.165, 1.54) is 12.1 Å². The molecule has 0 fully saturated rings. The molecule has 1 heterocycles. The van der Waals surface area contributed by atoms with Crippen LogP contribution in [0.4, 0.5) is 11.4 Å². The van der Waals surface area contributed by atoms with Gasteiger partial charge in [0.1, 0.15) is 6.61 Å². The molecule has 7 heteroatoms. The lowest BCUT2D eigenvalue weighted by molar-refractivity contribution is -0.384. The number of nitrogens with zero attached hydrogens (tertiary/aromatic N) is 2. The topological polar surface area (TPSA) is 114 Å². The van der Waals surface area contributed by atoms with Gasteiger partial charge in [0, 0.05) is 12.1 Å². The van der Waals surface area contributed by atoms with Gasteiger partial charge in [0.05, 0.1) is 22.6 Å². The molecular formula is C12H14N4O3. The smallest absolute Gasteiger partial charge is 0.297 e. The fourth-order valence-electron chi connectivity index (χ4n) is 2.02. The van der Waals surface area contributed by atoms with E-state index in [0.717, 1.165) is 12.8 Å². The van der Waals surface area contributed by atoms with E-state index in [0.29, 0.717) is 24.6 Å². The second-order valence-electron chi connectivity index (χ2n) is 4.32. The summed E-state index contributed by atoms with van der Waals surface area (Å²) in [6.07, 6.45) is 1.60. The van der Waals surface area contributed by atoms with E-state index in [-0.39, 0.29) is 17.3 Å². The summed E-state index contributed by atoms with van der Waals surface area (Å²) in [6, 6.07) is 4.65. The highest BCUT2D eigenvalue weighted by Crippen LogP contribution is 2.39. The number of rotatable bonds is 4. The third-order valence-electron chi connectivity index (χ3n) is 2.95. The summed E-state index contributed by atoms with van der Waals surface area (Å²) < 4.78 is 5.51. The molecule has 0 saturated heterocycles. The van der Waals surface area contributed by atoms with Gasteiger partial charge in [-0.3, -0.25) is 10.1 Å². The fourth-order valence-corrected chi connectivity index (χ4v) is 2.02. The van der Waals surface area contributed by atoms with Gasteiger partial charge in [0.25, 0.3) is 5.69 Å². The quantitative estimate of drug-likeness (QED) is 0.625. The van der Waals surface area contributed by atoms with Crippen LogP contribution in [0.15, 0.2) is 12.1 Å². The maximum Gasteiger partial charge on any atom is 0.297 e. The molecule has 1 aromatic carbocycles. The lowest BCUT2D eigenvalue weighted by Gasteiger charge is -2.27. The van der Waals surface area contributed by atoms with E-state index >= 15 is 0 Å². The summed E-state index contributed by atoms with van der Waals surface area (Å²) in [5.41, 5.74) is 5.87. The minimum atomic E-state index is -0.513. The van der Waals surface area contributed by atoms with E-state index < -0.39 is 4.92 Å². The number of nitrogens with one attached hydrogen (secondary N) is 1. The predicted octanol–water partition coefficient (Wildman–Crippen LogP) is 1.38. The first kappa shape index (κ1) is 13.1. The van der Waals surface area contributed by atoms with E-state index in [1.54, 1.807) is 0 Å². The van der Waals surface area contributed by atoms with Gasteiger partial charge in [-0.1, -0.05) is 0 Å². The van der Waals surface area contributed by atoms with Crippen molar-refractivity contribution in [2.45, 2.75) is 18.9 Å². The number of nitrogens with two attached hydrogens (primary N) is 1. The highest BCUT2D eigenvalue weighted by Gasteiger charge is 2.27. The van der Waals surface area contributed by atoms with Crippen LogP contribution in [0.5, 0.6) is 5.75 Å². The number of ether oxygens (including phenoxy) is 1. The first-order valence-corrected chi connectivity index (χ1v) is 5.97. The van der Waals surface area contributed by atoms with Crippen LogP contribution in [0.2, 0.25) is 0 Å². The summed E-state index contributed by atoms with van der Waals surface area (Å²) in [5, 5.41) is 23.0. The third-order valence-corrected chi connectivity index (χ3v) is 2.95. The SMILES string of the molecule is N#Cc1cc2c(c([N+](=O)[O-])c1)N[C@@H](CCCN)CO2. The zero-order chi connectivity index (χ0) is 13.8. The van der Waals surface area contributed by atoms with E-state index in [9.17, 15) is 10.1 Å². The average molecular weight is 262 g/mol. The number of nitro groups is 1. The summed E-state index contributed by atoms with van der Waals surface area (Å²) in [4.78, 5) is 10.5. The van der Waals surface area contributed by atoms with Crippen LogP contribution in [0.1, 0.15) is 18.4 Å². The summed E-state index contributed by atoms with van der Waals surface area (Å²) in [7, 11) is 0. The molecule has 0 bridgehead atoms. The highest BCUT2D eigenvalue weighted by atomic mass is 16.6. The Balaban J connectivity index is 2.32. The van der Waals surface area contributed by atoms with Crippen molar-refractivity contribution in [3.8, 4) is 11.8 Å². The number of hydrogen-bond donors (Lipinski definition) is 2. The standard InChI is InChI=1S/C12H14N4O3/c13-3-1-2-9-7-19-11-5-8(6-14)4-10(16(17)18)12(11)15-9/h4-5,9,15H,1-3,7,13H2/t9-/m0/s1. The molecule has 100 valence electrons. The Morgan fingerprint density at radius 3 is 3.05 bits per heavy atom. The Labute approximate surface area is 110 Å². The molecule has 19 heavy (non-hydrogen) atoms. The van der Waals surface area contributed by atoms with Crippen molar-refractivity contribution in [1.82, 2.24) is 0 Å². The molecular weight excluding hydrogens is 248 g/mol. The van der Waals surface area contributed by atoms with Crippen LogP contribution in [0.3, 0.4) is 0 Å². The van der Waals surface area contributed by atoms with E-state index in [4.69, 9.17) is 15.7 Å². The van der Waals surface area contributed by atoms with Gasteiger partial charge in [-0.25, -0.2) is 0 Å². The van der Waals surface area contributed by atoms with Gasteiger partial charge in [-0.15, -0.1) is 0 Å². The molecule has 0 saturated carbocycles. The average Bonchev–Trinajstić information content (AvgIpc) is 2.43. The van der Waals surface area contributed by atoms with Crippen molar-refractivity contribution in [3.63, 3.8) is 0 Å². The van der Waals surface area contributed by atoms with Crippen LogP contribution in [0, 0.1) is 21.4 Å². The molecule has 0 radical (unpaired) electrons. The number of fused-ring (bicyclic) bond motifs is 1. The summed E-state index contributed by atoms with van der Waals surface area (Å²) in [5.74, 6) is 0.356. The number of nitro benzene ring substituents is 1. The zero-order valence-corrected chi connectivity index (χ0v) is 10.3. The second-order valence-corrected chi connectivity index (χ2v) is 4.32. The molecule has 1 aliphatic heterocycles. The van der Waals surface area contributed by atoms with Gasteiger partial charge in [-0.2, -0.15) is 5.26 Å². The molecule has 0 spiro atoms. The van der Waals surface area contributed by atoms with Gasteiger partial charge in [0.15, 0.2) is 11.4 Å². The second kappa shape index (κ2) is 5.54. The maximum absolute atomic E-state index is 11.0. The minimum absolute atomic E-state index is 0.00249. The molecule has 7 nitrogen and oxygen atoms in total. The Bertz CT molecular complexity index is 539. The van der Waals surface area contributed by atoms with Crippen LogP contribution in [-0.4, -0.2) is 24.1 Å². The largest absolute Gasteiger partial charge is 0.489 e. The van der Waals surface area contributed by atoms with Crippen molar-refractivity contribution >= 4 is 11.4 Å². The Morgan fingerprint density at radius 1 is 1.63 bits per heavy atom. The lowest BCUT2D eigenvalue weighted by Crippen LogP contribution is -2.32. The number of benzene rings is 1. The van der Waals surface area contributed by atoms with Crippen LogP contribution >= 0.6 is 0 Å². The lowest BCUT2D eigenvalue weighted by atomic mass is 10.1. The molecule has 1 aliphatic rings. The van der Waals surface area contributed by atoms with Crippen molar-refractivity contribution in [2.75, 3.05) is 18.5 Å². The normalized spacial score (nSPS) is 16.7. The molecule has 0 amide bonds. The molecule has 0 aromatic heterocycles. The molecule has 1 atom stereocenters. The summed E-state index contributed by atoms with van der Waals surface area (Å²) in [6.45, 7) is 0.986. The Morgan fingerprint density at radius 2 is 2.42 bits per heavy atom. The van der Waals surface area contributed by atoms with Gasteiger partial charge < -0.3 is 15.8 Å². The maximum atomic E-state index is 11.0. The first-order valence-electron chi connectivity index (χ1n) is 5.97. The van der Waals surface area contributed by atoms with Gasteiger partial charge >= 0.3 is 0 Å². The molecule has 2 rings (SSSR count).